The fourth-order valence-electron chi connectivity index (χ4n) is 2.95. The molecule has 0 bridgehead atoms. The van der Waals surface area contributed by atoms with Crippen LogP contribution in [0, 0.1) is 5.92 Å². The average Bonchev–Trinajstić information content (AvgIpc) is 2.68. The van der Waals surface area contributed by atoms with Crippen molar-refractivity contribution >= 4 is 29.0 Å². The third kappa shape index (κ3) is 4.16. The van der Waals surface area contributed by atoms with Crippen molar-refractivity contribution in [3.05, 3.63) is 35.4 Å². The molecular weight excluding hydrogens is 356 g/mol. The van der Waals surface area contributed by atoms with Gasteiger partial charge in [-0.3, -0.25) is 4.79 Å². The van der Waals surface area contributed by atoms with Gasteiger partial charge in [0.2, 0.25) is 11.8 Å². The number of hydrogen-bond donors (Lipinski definition) is 1. The molecule has 2 heterocycles. The Bertz CT molecular complexity index is 762. The minimum atomic E-state index is -0.0432. The second-order valence-electron chi connectivity index (χ2n) is 6.03. The molecule has 0 atom stereocenters. The number of piperidine rings is 1. The van der Waals surface area contributed by atoms with Crippen LogP contribution in [-0.4, -0.2) is 43.4 Å². The molecule has 1 aliphatic rings. The summed E-state index contributed by atoms with van der Waals surface area (Å²) in [5.41, 5.74) is 0.671. The number of carbonyl (C=O) groups is 1. The van der Waals surface area contributed by atoms with Crippen molar-refractivity contribution in [2.45, 2.75) is 12.8 Å². The van der Waals surface area contributed by atoms with Gasteiger partial charge >= 0.3 is 0 Å². The lowest BCUT2D eigenvalue weighted by Gasteiger charge is -2.31. The maximum absolute atomic E-state index is 12.5. The summed E-state index contributed by atoms with van der Waals surface area (Å²) in [6, 6.07) is 8.88. The Kier molecular flexibility index (Phi) is 5.78. The van der Waals surface area contributed by atoms with Crippen LogP contribution < -0.4 is 19.7 Å². The highest BCUT2D eigenvalue weighted by Crippen LogP contribution is 2.28. The molecule has 1 aliphatic heterocycles. The number of nitrogens with zero attached hydrogens (tertiary/aromatic N) is 3. The van der Waals surface area contributed by atoms with E-state index >= 15 is 0 Å². The van der Waals surface area contributed by atoms with Gasteiger partial charge in [-0.25, -0.2) is 0 Å². The number of rotatable bonds is 5. The molecule has 1 N–H and O–H groups in total. The monoisotopic (exact) mass is 376 g/mol. The van der Waals surface area contributed by atoms with Crippen molar-refractivity contribution in [3.8, 4) is 11.6 Å². The Morgan fingerprint density at radius 1 is 1.15 bits per heavy atom. The maximum Gasteiger partial charge on any atom is 0.233 e. The molecule has 0 unspecified atom stereocenters. The van der Waals surface area contributed by atoms with Gasteiger partial charge in [0.25, 0.3) is 0 Å². The molecule has 3 rings (SSSR count). The molecule has 1 fully saturated rings. The van der Waals surface area contributed by atoms with E-state index in [1.54, 1.807) is 38.5 Å². The molecule has 7 nitrogen and oxygen atoms in total. The van der Waals surface area contributed by atoms with E-state index in [0.717, 1.165) is 31.7 Å². The summed E-state index contributed by atoms with van der Waals surface area (Å²) in [4.78, 5) is 14.6. The number of amides is 1. The van der Waals surface area contributed by atoms with Gasteiger partial charge in [0.1, 0.15) is 5.75 Å². The second kappa shape index (κ2) is 8.23. The van der Waals surface area contributed by atoms with Crippen LogP contribution in [0.4, 0.5) is 11.5 Å². The quantitative estimate of drug-likeness (QED) is 0.864. The lowest BCUT2D eigenvalue weighted by atomic mass is 9.96. The molecule has 2 aromatic rings. The van der Waals surface area contributed by atoms with Gasteiger partial charge in [0.05, 0.1) is 19.2 Å². The van der Waals surface area contributed by atoms with Crippen molar-refractivity contribution in [2.75, 3.05) is 37.5 Å². The molecule has 1 saturated heterocycles. The molecule has 0 saturated carbocycles. The maximum atomic E-state index is 12.5. The Morgan fingerprint density at radius 2 is 1.92 bits per heavy atom. The van der Waals surface area contributed by atoms with E-state index in [9.17, 15) is 4.79 Å². The van der Waals surface area contributed by atoms with Crippen LogP contribution in [0.5, 0.6) is 11.6 Å². The highest BCUT2D eigenvalue weighted by atomic mass is 35.5. The summed E-state index contributed by atoms with van der Waals surface area (Å²) in [6.45, 7) is 1.50. The van der Waals surface area contributed by atoms with Crippen LogP contribution in [0.1, 0.15) is 12.8 Å². The number of aromatic nitrogens is 2. The average molecular weight is 377 g/mol. The molecule has 0 aliphatic carbocycles. The SMILES string of the molecule is COc1ccc(N2CCC(C(=O)Nc3ccc(OC)c(Cl)c3)CC2)nn1. The summed E-state index contributed by atoms with van der Waals surface area (Å²) in [7, 11) is 3.12. The number of benzene rings is 1. The Balaban J connectivity index is 1.55. The van der Waals surface area contributed by atoms with E-state index in [0.29, 0.717) is 22.3 Å². The van der Waals surface area contributed by atoms with Crippen LogP contribution in [-0.2, 0) is 4.79 Å². The molecule has 0 spiro atoms. The minimum Gasteiger partial charge on any atom is -0.495 e. The smallest absolute Gasteiger partial charge is 0.233 e. The predicted molar refractivity (Wildman–Crippen MR) is 100 cm³/mol. The van der Waals surface area contributed by atoms with Gasteiger partial charge in [0, 0.05) is 30.8 Å². The van der Waals surface area contributed by atoms with E-state index in [1.165, 1.54) is 0 Å². The first kappa shape index (κ1) is 18.3. The second-order valence-corrected chi connectivity index (χ2v) is 6.44. The van der Waals surface area contributed by atoms with E-state index in [4.69, 9.17) is 21.1 Å². The van der Waals surface area contributed by atoms with Crippen molar-refractivity contribution in [1.82, 2.24) is 10.2 Å². The third-order valence-electron chi connectivity index (χ3n) is 4.44. The first-order valence-electron chi connectivity index (χ1n) is 8.38. The molecule has 26 heavy (non-hydrogen) atoms. The first-order valence-corrected chi connectivity index (χ1v) is 8.75. The highest BCUT2D eigenvalue weighted by Gasteiger charge is 2.26. The molecular formula is C18H21ClN4O3. The summed E-state index contributed by atoms with van der Waals surface area (Å²) < 4.78 is 10.1. The summed E-state index contributed by atoms with van der Waals surface area (Å²) in [5, 5.41) is 11.6. The molecule has 138 valence electrons. The standard InChI is InChI=1S/C18H21ClN4O3/c1-25-15-4-3-13(11-14(15)19)20-18(24)12-7-9-23(10-8-12)16-5-6-17(26-2)22-21-16/h3-6,11-12H,7-10H2,1-2H3,(H,20,24). The number of halogens is 1. The van der Waals surface area contributed by atoms with E-state index in [2.05, 4.69) is 20.4 Å². The highest BCUT2D eigenvalue weighted by molar-refractivity contribution is 6.32. The Morgan fingerprint density at radius 3 is 2.50 bits per heavy atom. The van der Waals surface area contributed by atoms with Crippen LogP contribution in [0.3, 0.4) is 0 Å². The molecule has 1 amide bonds. The van der Waals surface area contributed by atoms with Crippen LogP contribution in [0.15, 0.2) is 30.3 Å². The summed E-state index contributed by atoms with van der Waals surface area (Å²) in [6.07, 6.45) is 1.51. The van der Waals surface area contributed by atoms with Crippen LogP contribution in [0.25, 0.3) is 0 Å². The zero-order valence-corrected chi connectivity index (χ0v) is 15.5. The predicted octanol–water partition coefficient (Wildman–Crippen LogP) is 3.00. The lowest BCUT2D eigenvalue weighted by molar-refractivity contribution is -0.120. The van der Waals surface area contributed by atoms with Gasteiger partial charge in [-0.05, 0) is 37.1 Å². The zero-order chi connectivity index (χ0) is 18.5. The van der Waals surface area contributed by atoms with E-state index in [-0.39, 0.29) is 11.8 Å². The first-order chi connectivity index (χ1) is 12.6. The summed E-state index contributed by atoms with van der Waals surface area (Å²) >= 11 is 6.10. The van der Waals surface area contributed by atoms with Crippen LogP contribution in [0.2, 0.25) is 5.02 Å². The van der Waals surface area contributed by atoms with Gasteiger partial charge in [0.15, 0.2) is 5.82 Å². The zero-order valence-electron chi connectivity index (χ0n) is 14.7. The van der Waals surface area contributed by atoms with Gasteiger partial charge in [-0.2, -0.15) is 0 Å². The molecule has 0 radical (unpaired) electrons. The van der Waals surface area contributed by atoms with Crippen LogP contribution >= 0.6 is 11.6 Å². The molecule has 1 aromatic heterocycles. The molecule has 1 aromatic carbocycles. The third-order valence-corrected chi connectivity index (χ3v) is 4.74. The van der Waals surface area contributed by atoms with E-state index < -0.39 is 0 Å². The number of anilines is 2. The lowest BCUT2D eigenvalue weighted by Crippen LogP contribution is -2.38. The topological polar surface area (TPSA) is 76.6 Å². The van der Waals surface area contributed by atoms with Gasteiger partial charge in [-0.1, -0.05) is 11.6 Å². The van der Waals surface area contributed by atoms with Crippen molar-refractivity contribution in [1.29, 1.82) is 0 Å². The fraction of sp³-hybridized carbons (Fsp3) is 0.389. The number of nitrogens with one attached hydrogen (secondary N) is 1. The van der Waals surface area contributed by atoms with Crippen molar-refractivity contribution in [2.24, 2.45) is 5.92 Å². The minimum absolute atomic E-state index is 0.00620. The number of ether oxygens (including phenoxy) is 2. The van der Waals surface area contributed by atoms with Gasteiger partial charge in [-0.15, -0.1) is 10.2 Å². The Hall–Kier alpha value is -2.54. The van der Waals surface area contributed by atoms with Gasteiger partial charge < -0.3 is 19.7 Å². The number of hydrogen-bond acceptors (Lipinski definition) is 6. The number of methoxy groups -OCH3 is 2. The number of carbonyl (C=O) groups excluding carboxylic acids is 1. The normalized spacial score (nSPS) is 14.8. The van der Waals surface area contributed by atoms with E-state index in [1.807, 2.05) is 6.07 Å². The molecule has 8 heteroatoms. The van der Waals surface area contributed by atoms with Crippen molar-refractivity contribution in [3.63, 3.8) is 0 Å². The van der Waals surface area contributed by atoms with Crippen molar-refractivity contribution < 1.29 is 14.3 Å². The largest absolute Gasteiger partial charge is 0.495 e. The summed E-state index contributed by atoms with van der Waals surface area (Å²) in [5.74, 6) is 1.83. The fourth-order valence-corrected chi connectivity index (χ4v) is 3.21. The Labute approximate surface area is 157 Å².